The largest absolute Gasteiger partial charge is 0.467 e. The van der Waals surface area contributed by atoms with Gasteiger partial charge in [-0.05, 0) is 41.0 Å². The van der Waals surface area contributed by atoms with E-state index in [0.717, 1.165) is 16.7 Å². The maximum absolute atomic E-state index is 12.7. The molecule has 0 aliphatic rings. The molecular formula is C24H20N2O3. The second-order valence-corrected chi connectivity index (χ2v) is 6.51. The van der Waals surface area contributed by atoms with Gasteiger partial charge < -0.3 is 10.1 Å². The van der Waals surface area contributed by atoms with Gasteiger partial charge in [0.15, 0.2) is 0 Å². The molecule has 0 unspecified atom stereocenters. The molecule has 0 fully saturated rings. The van der Waals surface area contributed by atoms with Crippen LogP contribution in [0.25, 0.3) is 11.1 Å². The van der Waals surface area contributed by atoms with E-state index in [1.807, 2.05) is 42.5 Å². The average Bonchev–Trinajstić information content (AvgIpc) is 2.79. The van der Waals surface area contributed by atoms with E-state index in [4.69, 9.17) is 10.00 Å². The van der Waals surface area contributed by atoms with Gasteiger partial charge in [0.05, 0.1) is 18.7 Å². The zero-order valence-electron chi connectivity index (χ0n) is 16.0. The molecule has 0 aliphatic heterocycles. The van der Waals surface area contributed by atoms with Gasteiger partial charge in [-0.1, -0.05) is 54.6 Å². The third kappa shape index (κ3) is 5.08. The number of carbonyl (C=O) groups excluding carboxylic acids is 2. The predicted octanol–water partition coefficient (Wildman–Crippen LogP) is 3.74. The Morgan fingerprint density at radius 2 is 1.66 bits per heavy atom. The lowest BCUT2D eigenvalue weighted by atomic mass is 10.0. The van der Waals surface area contributed by atoms with Crippen LogP contribution in [0.5, 0.6) is 0 Å². The van der Waals surface area contributed by atoms with Crippen LogP contribution in [-0.4, -0.2) is 25.0 Å². The van der Waals surface area contributed by atoms with Crippen LogP contribution in [0.1, 0.15) is 21.5 Å². The molecule has 0 radical (unpaired) electrons. The highest BCUT2D eigenvalue weighted by atomic mass is 16.5. The number of hydrogen-bond acceptors (Lipinski definition) is 4. The Morgan fingerprint density at radius 1 is 0.966 bits per heavy atom. The van der Waals surface area contributed by atoms with Crippen molar-refractivity contribution in [1.29, 1.82) is 5.26 Å². The predicted molar refractivity (Wildman–Crippen MR) is 110 cm³/mol. The molecular weight excluding hydrogens is 364 g/mol. The maximum Gasteiger partial charge on any atom is 0.328 e. The van der Waals surface area contributed by atoms with E-state index in [9.17, 15) is 9.59 Å². The monoisotopic (exact) mass is 384 g/mol. The molecule has 0 spiro atoms. The normalized spacial score (nSPS) is 11.2. The minimum absolute atomic E-state index is 0.232. The van der Waals surface area contributed by atoms with Gasteiger partial charge in [-0.15, -0.1) is 0 Å². The fraction of sp³-hybridized carbons (Fsp3) is 0.125. The molecule has 144 valence electrons. The third-order valence-electron chi connectivity index (χ3n) is 4.54. The summed E-state index contributed by atoms with van der Waals surface area (Å²) >= 11 is 0. The van der Waals surface area contributed by atoms with Gasteiger partial charge in [0, 0.05) is 12.0 Å². The van der Waals surface area contributed by atoms with Gasteiger partial charge in [0.2, 0.25) is 0 Å². The van der Waals surface area contributed by atoms with E-state index in [1.165, 1.54) is 7.11 Å². The van der Waals surface area contributed by atoms with E-state index < -0.39 is 12.0 Å². The first kappa shape index (κ1) is 19.8. The number of rotatable bonds is 6. The summed E-state index contributed by atoms with van der Waals surface area (Å²) in [4.78, 5) is 24.8. The number of methoxy groups -OCH3 is 1. The SMILES string of the molecule is COC(=O)[C@H](Cc1cccc(C#N)c1)NC(=O)c1ccc(-c2ccccc2)cc1. The van der Waals surface area contributed by atoms with Crippen molar-refractivity contribution in [2.24, 2.45) is 0 Å². The van der Waals surface area contributed by atoms with Crippen LogP contribution in [0, 0.1) is 11.3 Å². The van der Waals surface area contributed by atoms with Crippen LogP contribution in [0.2, 0.25) is 0 Å². The number of nitriles is 1. The first-order chi connectivity index (χ1) is 14.1. The summed E-state index contributed by atoms with van der Waals surface area (Å²) in [6.45, 7) is 0. The van der Waals surface area contributed by atoms with Gasteiger partial charge >= 0.3 is 5.97 Å². The molecule has 1 atom stereocenters. The van der Waals surface area contributed by atoms with Crippen molar-refractivity contribution >= 4 is 11.9 Å². The van der Waals surface area contributed by atoms with Crippen LogP contribution in [-0.2, 0) is 16.0 Å². The molecule has 0 saturated carbocycles. The first-order valence-corrected chi connectivity index (χ1v) is 9.14. The van der Waals surface area contributed by atoms with Crippen molar-refractivity contribution in [2.75, 3.05) is 7.11 Å². The van der Waals surface area contributed by atoms with E-state index in [0.29, 0.717) is 11.1 Å². The number of esters is 1. The standard InChI is InChI=1S/C24H20N2O3/c1-29-24(28)22(15-17-6-5-7-18(14-17)16-25)26-23(27)21-12-10-20(11-13-21)19-8-3-2-4-9-19/h2-14,22H,15H2,1H3,(H,26,27)/t22-/m0/s1. The Labute approximate surface area is 169 Å². The molecule has 0 saturated heterocycles. The van der Waals surface area contributed by atoms with Crippen molar-refractivity contribution in [3.8, 4) is 17.2 Å². The molecule has 3 aromatic carbocycles. The van der Waals surface area contributed by atoms with Crippen LogP contribution in [0.4, 0.5) is 0 Å². The molecule has 0 aliphatic carbocycles. The summed E-state index contributed by atoms with van der Waals surface area (Å²) in [5.41, 5.74) is 3.77. The van der Waals surface area contributed by atoms with Gasteiger partial charge in [-0.25, -0.2) is 4.79 Å². The Balaban J connectivity index is 1.74. The fourth-order valence-corrected chi connectivity index (χ4v) is 3.03. The maximum atomic E-state index is 12.7. The zero-order chi connectivity index (χ0) is 20.6. The average molecular weight is 384 g/mol. The molecule has 1 N–H and O–H groups in total. The molecule has 1 amide bonds. The lowest BCUT2D eigenvalue weighted by molar-refractivity contribution is -0.142. The van der Waals surface area contributed by atoms with E-state index in [-0.39, 0.29) is 12.3 Å². The van der Waals surface area contributed by atoms with E-state index in [2.05, 4.69) is 11.4 Å². The van der Waals surface area contributed by atoms with E-state index >= 15 is 0 Å². The summed E-state index contributed by atoms with van der Waals surface area (Å²) in [6.07, 6.45) is 0.232. The summed E-state index contributed by atoms with van der Waals surface area (Å²) < 4.78 is 4.84. The smallest absolute Gasteiger partial charge is 0.328 e. The number of carbonyl (C=O) groups is 2. The highest BCUT2D eigenvalue weighted by molar-refractivity contribution is 5.97. The number of ether oxygens (including phenoxy) is 1. The summed E-state index contributed by atoms with van der Waals surface area (Å²) in [7, 11) is 1.28. The van der Waals surface area contributed by atoms with Crippen molar-refractivity contribution in [3.63, 3.8) is 0 Å². The van der Waals surface area contributed by atoms with Crippen molar-refractivity contribution in [2.45, 2.75) is 12.5 Å². The number of nitrogens with one attached hydrogen (secondary N) is 1. The Bertz CT molecular complexity index is 1040. The summed E-state index contributed by atoms with van der Waals surface area (Å²) in [6, 6.07) is 25.2. The lowest BCUT2D eigenvalue weighted by Crippen LogP contribution is -2.43. The Kier molecular flexibility index (Phi) is 6.39. The quantitative estimate of drug-likeness (QED) is 0.657. The van der Waals surface area contributed by atoms with Crippen LogP contribution >= 0.6 is 0 Å². The second-order valence-electron chi connectivity index (χ2n) is 6.51. The highest BCUT2D eigenvalue weighted by Crippen LogP contribution is 2.19. The third-order valence-corrected chi connectivity index (χ3v) is 4.54. The minimum atomic E-state index is -0.852. The minimum Gasteiger partial charge on any atom is -0.467 e. The molecule has 0 aromatic heterocycles. The highest BCUT2D eigenvalue weighted by Gasteiger charge is 2.22. The Morgan fingerprint density at radius 3 is 2.31 bits per heavy atom. The molecule has 0 bridgehead atoms. The lowest BCUT2D eigenvalue weighted by Gasteiger charge is -2.17. The summed E-state index contributed by atoms with van der Waals surface area (Å²) in [5, 5.41) is 11.8. The molecule has 29 heavy (non-hydrogen) atoms. The van der Waals surface area contributed by atoms with Gasteiger partial charge in [0.25, 0.3) is 5.91 Å². The molecule has 0 heterocycles. The molecule has 5 heteroatoms. The van der Waals surface area contributed by atoms with Crippen molar-refractivity contribution < 1.29 is 14.3 Å². The number of hydrogen-bond donors (Lipinski definition) is 1. The number of nitrogens with zero attached hydrogens (tertiary/aromatic N) is 1. The van der Waals surface area contributed by atoms with Crippen molar-refractivity contribution in [3.05, 3.63) is 95.6 Å². The van der Waals surface area contributed by atoms with Gasteiger partial charge in [-0.3, -0.25) is 4.79 Å². The van der Waals surface area contributed by atoms with Gasteiger partial charge in [-0.2, -0.15) is 5.26 Å². The zero-order valence-corrected chi connectivity index (χ0v) is 16.0. The molecule has 5 nitrogen and oxygen atoms in total. The topological polar surface area (TPSA) is 79.2 Å². The Hall–Kier alpha value is -3.91. The van der Waals surface area contributed by atoms with Crippen LogP contribution < -0.4 is 5.32 Å². The summed E-state index contributed by atoms with van der Waals surface area (Å²) in [5.74, 6) is -0.905. The molecule has 3 rings (SSSR count). The second kappa shape index (κ2) is 9.34. The van der Waals surface area contributed by atoms with E-state index in [1.54, 1.807) is 36.4 Å². The fourth-order valence-electron chi connectivity index (χ4n) is 3.03. The van der Waals surface area contributed by atoms with Crippen LogP contribution in [0.15, 0.2) is 78.9 Å². The number of amides is 1. The number of benzene rings is 3. The molecule has 3 aromatic rings. The first-order valence-electron chi connectivity index (χ1n) is 9.14. The van der Waals surface area contributed by atoms with Crippen molar-refractivity contribution in [1.82, 2.24) is 5.32 Å². The van der Waals surface area contributed by atoms with Crippen LogP contribution in [0.3, 0.4) is 0 Å². The van der Waals surface area contributed by atoms with Gasteiger partial charge in [0.1, 0.15) is 6.04 Å².